The largest absolute Gasteiger partial charge is 0.463 e. The van der Waals surface area contributed by atoms with Crippen molar-refractivity contribution in [3.05, 3.63) is 75.8 Å². The van der Waals surface area contributed by atoms with E-state index < -0.39 is 10.3 Å². The van der Waals surface area contributed by atoms with Crippen LogP contribution in [0.2, 0.25) is 0 Å². The maximum atomic E-state index is 12.4. The highest BCUT2D eigenvalue weighted by atomic mass is 32.1. The van der Waals surface area contributed by atoms with Crippen LogP contribution in [0, 0.1) is 15.5 Å². The van der Waals surface area contributed by atoms with Gasteiger partial charge in [-0.2, -0.15) is 0 Å². The highest BCUT2D eigenvalue weighted by Gasteiger charge is 2.30. The van der Waals surface area contributed by atoms with Crippen LogP contribution in [0.5, 0.6) is 0 Å². The smallest absolute Gasteiger partial charge is 0.311 e. The van der Waals surface area contributed by atoms with Gasteiger partial charge in [0.05, 0.1) is 22.4 Å². The minimum absolute atomic E-state index is 0.0118. The number of carbonyl (C=O) groups excluding carboxylic acids is 1. The second-order valence-corrected chi connectivity index (χ2v) is 8.88. The summed E-state index contributed by atoms with van der Waals surface area (Å²) >= 11 is 5.36. The number of esters is 1. The fourth-order valence-corrected chi connectivity index (χ4v) is 3.54. The lowest BCUT2D eigenvalue weighted by Crippen LogP contribution is -2.48. The lowest BCUT2D eigenvalue weighted by atomic mass is 9.97. The van der Waals surface area contributed by atoms with Gasteiger partial charge in [0.15, 0.2) is 5.11 Å². The molecular formula is C23H29N3O4S. The quantitative estimate of drug-likeness (QED) is 0.279. The van der Waals surface area contributed by atoms with Crippen molar-refractivity contribution in [3.63, 3.8) is 0 Å². The fraction of sp³-hybridized carbons (Fsp3) is 0.391. The molecule has 0 spiro atoms. The molecule has 2 N–H and O–H groups in total. The number of nitrogens with two attached hydrogens (primary N) is 1. The summed E-state index contributed by atoms with van der Waals surface area (Å²) < 4.78 is 5.62. The third kappa shape index (κ3) is 6.75. The van der Waals surface area contributed by atoms with Gasteiger partial charge in [0.2, 0.25) is 0 Å². The molecule has 0 aromatic heterocycles. The number of thiocarbonyl (C=S) groups is 1. The lowest BCUT2D eigenvalue weighted by molar-refractivity contribution is -0.384. The Labute approximate surface area is 188 Å². The lowest BCUT2D eigenvalue weighted by Gasteiger charge is -2.37. The molecule has 166 valence electrons. The van der Waals surface area contributed by atoms with Crippen molar-refractivity contribution in [1.82, 2.24) is 4.90 Å². The van der Waals surface area contributed by atoms with Gasteiger partial charge in [-0.05, 0) is 57.5 Å². The Morgan fingerprint density at radius 1 is 1.16 bits per heavy atom. The predicted molar refractivity (Wildman–Crippen MR) is 124 cm³/mol. The number of nitrogens with zero attached hydrogens (tertiary/aromatic N) is 2. The van der Waals surface area contributed by atoms with E-state index in [2.05, 4.69) is 0 Å². The first kappa shape index (κ1) is 24.3. The molecular weight excluding hydrogens is 414 g/mol. The van der Waals surface area contributed by atoms with Crippen molar-refractivity contribution in [2.75, 3.05) is 6.61 Å². The average Bonchev–Trinajstić information content (AvgIpc) is 2.71. The molecule has 0 aliphatic carbocycles. The summed E-state index contributed by atoms with van der Waals surface area (Å²) in [5.74, 6) is -0.309. The number of hydrogen-bond acceptors (Lipinski definition) is 5. The topological polar surface area (TPSA) is 98.7 Å². The van der Waals surface area contributed by atoms with Crippen LogP contribution in [-0.2, 0) is 16.0 Å². The number of non-ortho nitro benzene ring substituents is 1. The van der Waals surface area contributed by atoms with Gasteiger partial charge < -0.3 is 15.4 Å². The van der Waals surface area contributed by atoms with Crippen LogP contribution in [0.4, 0.5) is 5.69 Å². The van der Waals surface area contributed by atoms with Gasteiger partial charge in [0.25, 0.3) is 5.69 Å². The van der Waals surface area contributed by atoms with Crippen LogP contribution in [0.1, 0.15) is 44.9 Å². The number of hydrogen-bond donors (Lipinski definition) is 1. The van der Waals surface area contributed by atoms with Gasteiger partial charge >= 0.3 is 5.97 Å². The molecule has 0 amide bonds. The van der Waals surface area contributed by atoms with E-state index in [0.29, 0.717) is 6.42 Å². The summed E-state index contributed by atoms with van der Waals surface area (Å²) in [5, 5.41) is 11.1. The number of nitro groups is 1. The van der Waals surface area contributed by atoms with E-state index in [9.17, 15) is 14.9 Å². The number of nitro benzene ring substituents is 1. The molecule has 0 radical (unpaired) electrons. The Balaban J connectivity index is 2.33. The first-order valence-corrected chi connectivity index (χ1v) is 10.4. The molecule has 2 rings (SSSR count). The molecule has 0 unspecified atom stereocenters. The summed E-state index contributed by atoms with van der Waals surface area (Å²) in [7, 11) is 0. The van der Waals surface area contributed by atoms with Crippen LogP contribution in [0.25, 0.3) is 0 Å². The molecule has 31 heavy (non-hydrogen) atoms. The van der Waals surface area contributed by atoms with E-state index in [0.717, 1.165) is 11.1 Å². The number of benzene rings is 2. The Kier molecular flexibility index (Phi) is 8.10. The first-order valence-electron chi connectivity index (χ1n) is 10.0. The monoisotopic (exact) mass is 443 g/mol. The molecule has 7 nitrogen and oxygen atoms in total. The molecule has 0 aliphatic rings. The van der Waals surface area contributed by atoms with E-state index >= 15 is 0 Å². The zero-order valence-corrected chi connectivity index (χ0v) is 19.1. The normalized spacial score (nSPS) is 13.2. The summed E-state index contributed by atoms with van der Waals surface area (Å²) in [6.45, 7) is 7.43. The number of ether oxygens (including phenoxy) is 1. The van der Waals surface area contributed by atoms with E-state index in [1.165, 1.54) is 12.1 Å². The molecule has 0 saturated carbocycles. The third-order valence-corrected chi connectivity index (χ3v) is 5.20. The Hall–Kier alpha value is -3.00. The molecule has 2 atom stereocenters. The molecule has 0 saturated heterocycles. The van der Waals surface area contributed by atoms with E-state index in [4.69, 9.17) is 22.7 Å². The van der Waals surface area contributed by atoms with Crippen LogP contribution in [-0.4, -0.2) is 33.6 Å². The van der Waals surface area contributed by atoms with Crippen molar-refractivity contribution >= 4 is 29.0 Å². The SMILES string of the molecule is C[C@@H](c1ccc([N+](=O)[O-])cc1)N(C(N)=S)[C@H](COC(=O)C(C)(C)C)Cc1ccccc1. The fourth-order valence-electron chi connectivity index (χ4n) is 3.23. The van der Waals surface area contributed by atoms with Gasteiger partial charge in [-0.25, -0.2) is 0 Å². The van der Waals surface area contributed by atoms with Crippen LogP contribution in [0.15, 0.2) is 54.6 Å². The van der Waals surface area contributed by atoms with Gasteiger partial charge in [-0.1, -0.05) is 42.5 Å². The van der Waals surface area contributed by atoms with Crippen LogP contribution >= 0.6 is 12.2 Å². The Bertz CT molecular complexity index is 911. The standard InChI is InChI=1S/C23H29N3O4S/c1-16(18-10-12-19(13-11-18)26(28)29)25(22(24)31)20(14-17-8-6-5-7-9-17)15-30-21(27)23(2,3)4/h5-13,16,20H,14-15H2,1-4H3,(H2,24,31)/t16-,20-/m0/s1. The van der Waals surface area contributed by atoms with Crippen molar-refractivity contribution in [2.24, 2.45) is 11.1 Å². The van der Waals surface area contributed by atoms with Gasteiger partial charge in [0, 0.05) is 12.1 Å². The second-order valence-electron chi connectivity index (χ2n) is 8.46. The molecule has 0 fully saturated rings. The second kappa shape index (κ2) is 10.3. The van der Waals surface area contributed by atoms with Gasteiger partial charge in [-0.15, -0.1) is 0 Å². The molecule has 0 heterocycles. The van der Waals surface area contributed by atoms with Gasteiger partial charge in [-0.3, -0.25) is 14.9 Å². The van der Waals surface area contributed by atoms with E-state index in [1.54, 1.807) is 32.9 Å². The Morgan fingerprint density at radius 2 is 1.74 bits per heavy atom. The van der Waals surface area contributed by atoms with Crippen molar-refractivity contribution in [1.29, 1.82) is 0 Å². The summed E-state index contributed by atoms with van der Waals surface area (Å²) in [5.41, 5.74) is 7.36. The zero-order valence-electron chi connectivity index (χ0n) is 18.3. The van der Waals surface area contributed by atoms with Crippen LogP contribution < -0.4 is 5.73 Å². The van der Waals surface area contributed by atoms with Crippen molar-refractivity contribution in [2.45, 2.75) is 46.2 Å². The molecule has 2 aromatic carbocycles. The molecule has 0 aliphatic heterocycles. The maximum Gasteiger partial charge on any atom is 0.311 e. The molecule has 8 heteroatoms. The summed E-state index contributed by atoms with van der Waals surface area (Å²) in [4.78, 5) is 24.8. The van der Waals surface area contributed by atoms with Crippen LogP contribution in [0.3, 0.4) is 0 Å². The predicted octanol–water partition coefficient (Wildman–Crippen LogP) is 4.40. The highest BCUT2D eigenvalue weighted by molar-refractivity contribution is 7.80. The van der Waals surface area contributed by atoms with Crippen molar-refractivity contribution < 1.29 is 14.5 Å². The summed E-state index contributed by atoms with van der Waals surface area (Å²) in [6.07, 6.45) is 0.562. The first-order chi connectivity index (χ1) is 14.5. The minimum Gasteiger partial charge on any atom is -0.463 e. The van der Waals surface area contributed by atoms with Crippen molar-refractivity contribution in [3.8, 4) is 0 Å². The molecule has 2 aromatic rings. The van der Waals surface area contributed by atoms with Gasteiger partial charge in [0.1, 0.15) is 6.61 Å². The maximum absolute atomic E-state index is 12.4. The average molecular weight is 444 g/mol. The zero-order chi connectivity index (χ0) is 23.2. The van der Waals surface area contributed by atoms with E-state index in [1.807, 2.05) is 42.2 Å². The minimum atomic E-state index is -0.630. The van der Waals surface area contributed by atoms with E-state index in [-0.39, 0.29) is 35.5 Å². The summed E-state index contributed by atoms with van der Waals surface area (Å²) in [6, 6.07) is 15.5. The number of rotatable bonds is 8. The third-order valence-electron chi connectivity index (χ3n) is 4.98. The molecule has 0 bridgehead atoms. The highest BCUT2D eigenvalue weighted by Crippen LogP contribution is 2.27. The number of carbonyl (C=O) groups is 1. The Morgan fingerprint density at radius 3 is 2.23 bits per heavy atom.